The smallest absolute Gasteiger partial charge is 0.240 e. The SMILES string of the molecule is C[C@H](O)CNS(=O)(=O)c1ccc(Cl)c(Br)c1. The third kappa shape index (κ3) is 3.71. The lowest BCUT2D eigenvalue weighted by atomic mass is 10.4. The highest BCUT2D eigenvalue weighted by Gasteiger charge is 2.15. The zero-order valence-electron chi connectivity index (χ0n) is 8.44. The van der Waals surface area contributed by atoms with Gasteiger partial charge in [0.05, 0.1) is 16.0 Å². The molecule has 7 heteroatoms. The number of aliphatic hydroxyl groups is 1. The predicted molar refractivity (Wildman–Crippen MR) is 66.0 cm³/mol. The van der Waals surface area contributed by atoms with Crippen LogP contribution in [0.15, 0.2) is 27.6 Å². The molecule has 90 valence electrons. The molecule has 0 aliphatic heterocycles. The molecule has 0 aliphatic carbocycles. The molecule has 0 heterocycles. The van der Waals surface area contributed by atoms with E-state index in [1.54, 1.807) is 0 Å². The van der Waals surface area contributed by atoms with E-state index in [0.717, 1.165) is 0 Å². The number of halogens is 2. The molecule has 0 amide bonds. The summed E-state index contributed by atoms with van der Waals surface area (Å²) in [4.78, 5) is 0.101. The molecule has 2 N–H and O–H groups in total. The largest absolute Gasteiger partial charge is 0.392 e. The average Bonchev–Trinajstić information content (AvgIpc) is 2.19. The molecule has 0 saturated carbocycles. The maximum absolute atomic E-state index is 11.7. The Morgan fingerprint density at radius 3 is 2.69 bits per heavy atom. The molecule has 1 atom stereocenters. The number of hydrogen-bond acceptors (Lipinski definition) is 3. The van der Waals surface area contributed by atoms with Crippen molar-refractivity contribution in [3.8, 4) is 0 Å². The fourth-order valence-corrected chi connectivity index (χ4v) is 2.75. The molecule has 0 aliphatic rings. The molecule has 16 heavy (non-hydrogen) atoms. The maximum atomic E-state index is 11.7. The lowest BCUT2D eigenvalue weighted by molar-refractivity contribution is 0.198. The Morgan fingerprint density at radius 1 is 1.56 bits per heavy atom. The van der Waals surface area contributed by atoms with Crippen LogP contribution in [0.3, 0.4) is 0 Å². The van der Waals surface area contributed by atoms with Gasteiger partial charge < -0.3 is 5.11 Å². The van der Waals surface area contributed by atoms with Crippen LogP contribution in [0.5, 0.6) is 0 Å². The fraction of sp³-hybridized carbons (Fsp3) is 0.333. The van der Waals surface area contributed by atoms with Crippen molar-refractivity contribution in [1.82, 2.24) is 4.72 Å². The minimum atomic E-state index is -3.59. The number of rotatable bonds is 4. The zero-order valence-corrected chi connectivity index (χ0v) is 11.6. The van der Waals surface area contributed by atoms with Crippen LogP contribution in [0.2, 0.25) is 5.02 Å². The Kier molecular flexibility index (Phi) is 4.75. The molecule has 1 aromatic carbocycles. The van der Waals surface area contributed by atoms with Gasteiger partial charge in [0.1, 0.15) is 0 Å². The molecule has 0 radical (unpaired) electrons. The van der Waals surface area contributed by atoms with Crippen LogP contribution in [0, 0.1) is 0 Å². The van der Waals surface area contributed by atoms with Gasteiger partial charge in [-0.15, -0.1) is 0 Å². The second-order valence-corrected chi connectivity index (χ2v) is 6.31. The van der Waals surface area contributed by atoms with Crippen LogP contribution in [0.1, 0.15) is 6.92 Å². The first-order valence-corrected chi connectivity index (χ1v) is 7.11. The summed E-state index contributed by atoms with van der Waals surface area (Å²) in [7, 11) is -3.59. The van der Waals surface area contributed by atoms with Crippen molar-refractivity contribution >= 4 is 37.6 Å². The molecule has 4 nitrogen and oxygen atoms in total. The monoisotopic (exact) mass is 327 g/mol. The second-order valence-electron chi connectivity index (χ2n) is 3.28. The molecular formula is C9H11BrClNO3S. The Bertz CT molecular complexity index is 476. The van der Waals surface area contributed by atoms with Crippen molar-refractivity contribution in [2.75, 3.05) is 6.54 Å². The Hall–Kier alpha value is -0.140. The molecule has 0 spiro atoms. The van der Waals surface area contributed by atoms with Gasteiger partial charge in [-0.25, -0.2) is 13.1 Å². The lowest BCUT2D eigenvalue weighted by Crippen LogP contribution is -2.30. The van der Waals surface area contributed by atoms with Crippen LogP contribution in [0.4, 0.5) is 0 Å². The van der Waals surface area contributed by atoms with Gasteiger partial charge in [0.15, 0.2) is 0 Å². The fourth-order valence-electron chi connectivity index (χ4n) is 0.958. The molecule has 0 fully saturated rings. The van der Waals surface area contributed by atoms with Crippen molar-refractivity contribution in [3.05, 3.63) is 27.7 Å². The van der Waals surface area contributed by atoms with E-state index < -0.39 is 16.1 Å². The minimum Gasteiger partial charge on any atom is -0.392 e. The quantitative estimate of drug-likeness (QED) is 0.885. The van der Waals surface area contributed by atoms with Crippen LogP contribution in [0.25, 0.3) is 0 Å². The van der Waals surface area contributed by atoms with Gasteiger partial charge in [0, 0.05) is 11.0 Å². The summed E-state index contributed by atoms with van der Waals surface area (Å²) in [6.45, 7) is 1.48. The van der Waals surface area contributed by atoms with E-state index in [0.29, 0.717) is 9.50 Å². The van der Waals surface area contributed by atoms with Crippen LogP contribution in [-0.4, -0.2) is 26.2 Å². The van der Waals surface area contributed by atoms with Gasteiger partial charge in [-0.2, -0.15) is 0 Å². The number of aliphatic hydroxyl groups excluding tert-OH is 1. The third-order valence-electron chi connectivity index (χ3n) is 1.77. The molecule has 1 aromatic rings. The van der Waals surface area contributed by atoms with Gasteiger partial charge in [-0.1, -0.05) is 11.6 Å². The van der Waals surface area contributed by atoms with Crippen LogP contribution in [-0.2, 0) is 10.0 Å². The van der Waals surface area contributed by atoms with Gasteiger partial charge in [-0.3, -0.25) is 0 Å². The lowest BCUT2D eigenvalue weighted by Gasteiger charge is -2.08. The standard InChI is InChI=1S/C9H11BrClNO3S/c1-6(13)5-12-16(14,15)7-2-3-9(11)8(10)4-7/h2-4,6,12-13H,5H2,1H3/t6-/m0/s1. The van der Waals surface area contributed by atoms with Crippen molar-refractivity contribution < 1.29 is 13.5 Å². The predicted octanol–water partition coefficient (Wildman–Crippen LogP) is 1.76. The number of hydrogen-bond donors (Lipinski definition) is 2. The first-order chi connectivity index (χ1) is 7.33. The summed E-state index contributed by atoms with van der Waals surface area (Å²) in [6, 6.07) is 4.30. The highest BCUT2D eigenvalue weighted by molar-refractivity contribution is 9.10. The zero-order chi connectivity index (χ0) is 12.3. The maximum Gasteiger partial charge on any atom is 0.240 e. The Balaban J connectivity index is 2.94. The van der Waals surface area contributed by atoms with Gasteiger partial charge in [-0.05, 0) is 41.1 Å². The summed E-state index contributed by atoms with van der Waals surface area (Å²) in [5, 5.41) is 9.44. The van der Waals surface area contributed by atoms with E-state index in [2.05, 4.69) is 20.7 Å². The van der Waals surface area contributed by atoms with Crippen molar-refractivity contribution in [1.29, 1.82) is 0 Å². The van der Waals surface area contributed by atoms with Gasteiger partial charge >= 0.3 is 0 Å². The first kappa shape index (κ1) is 13.9. The highest BCUT2D eigenvalue weighted by atomic mass is 79.9. The van der Waals surface area contributed by atoms with Crippen molar-refractivity contribution in [2.45, 2.75) is 17.9 Å². The molecule has 0 unspecified atom stereocenters. The van der Waals surface area contributed by atoms with E-state index in [4.69, 9.17) is 16.7 Å². The van der Waals surface area contributed by atoms with E-state index in [9.17, 15) is 8.42 Å². The number of nitrogens with one attached hydrogen (secondary N) is 1. The molecular weight excluding hydrogens is 318 g/mol. The van der Waals surface area contributed by atoms with Crippen LogP contribution < -0.4 is 4.72 Å². The van der Waals surface area contributed by atoms with Gasteiger partial charge in [0.2, 0.25) is 10.0 Å². The molecule has 0 aromatic heterocycles. The minimum absolute atomic E-state index is 0.0252. The first-order valence-electron chi connectivity index (χ1n) is 4.45. The average molecular weight is 329 g/mol. The summed E-state index contributed by atoms with van der Waals surface area (Å²) in [5.41, 5.74) is 0. The number of benzene rings is 1. The van der Waals surface area contributed by atoms with E-state index >= 15 is 0 Å². The normalized spacial score (nSPS) is 13.8. The Labute approximate surface area is 108 Å². The van der Waals surface area contributed by atoms with E-state index in [1.807, 2.05) is 0 Å². The second kappa shape index (κ2) is 5.46. The summed E-state index contributed by atoms with van der Waals surface area (Å²) >= 11 is 8.90. The van der Waals surface area contributed by atoms with Crippen molar-refractivity contribution in [2.24, 2.45) is 0 Å². The van der Waals surface area contributed by atoms with Crippen LogP contribution >= 0.6 is 27.5 Å². The van der Waals surface area contributed by atoms with E-state index in [-0.39, 0.29) is 11.4 Å². The number of sulfonamides is 1. The Morgan fingerprint density at radius 2 is 2.19 bits per heavy atom. The topological polar surface area (TPSA) is 66.4 Å². The summed E-state index contributed by atoms with van der Waals surface area (Å²) < 4.78 is 26.2. The molecule has 1 rings (SSSR count). The van der Waals surface area contributed by atoms with Crippen molar-refractivity contribution in [3.63, 3.8) is 0 Å². The highest BCUT2D eigenvalue weighted by Crippen LogP contribution is 2.25. The molecule has 0 saturated heterocycles. The summed E-state index contributed by atoms with van der Waals surface area (Å²) in [6.07, 6.45) is -0.731. The third-order valence-corrected chi connectivity index (χ3v) is 4.41. The van der Waals surface area contributed by atoms with E-state index in [1.165, 1.54) is 25.1 Å². The molecule has 0 bridgehead atoms. The van der Waals surface area contributed by atoms with Gasteiger partial charge in [0.25, 0.3) is 0 Å². The summed E-state index contributed by atoms with van der Waals surface area (Å²) in [5.74, 6) is 0.